The SMILES string of the molecule is CC(C)(C)OC(=O)N1CC(CN2C(=O)COc3cc(-c4cc(Oc5ccccc5)cc5ccccc45)c(Cl)cc32)C1. The quantitative estimate of drug-likeness (QED) is 0.248. The average Bonchev–Trinajstić information content (AvgIpc) is 2.90. The number of carbonyl (C=O) groups is 2. The molecule has 0 saturated carbocycles. The Morgan fingerprint density at radius 3 is 2.44 bits per heavy atom. The molecule has 4 aromatic carbocycles. The molecule has 0 atom stereocenters. The van der Waals surface area contributed by atoms with E-state index in [4.69, 9.17) is 25.8 Å². The summed E-state index contributed by atoms with van der Waals surface area (Å²) in [5.74, 6) is 2.01. The number of para-hydroxylation sites is 1. The minimum atomic E-state index is -0.547. The lowest BCUT2D eigenvalue weighted by Gasteiger charge is -2.42. The number of rotatable bonds is 5. The molecule has 2 amide bonds. The number of fused-ring (bicyclic) bond motifs is 2. The van der Waals surface area contributed by atoms with Crippen LogP contribution in [0.3, 0.4) is 0 Å². The van der Waals surface area contributed by atoms with Crippen molar-refractivity contribution in [3.05, 3.63) is 83.9 Å². The Balaban J connectivity index is 1.28. The molecule has 0 N–H and O–H groups in total. The van der Waals surface area contributed by atoms with Crippen LogP contribution in [0.4, 0.5) is 10.5 Å². The van der Waals surface area contributed by atoms with Gasteiger partial charge in [0.2, 0.25) is 0 Å². The highest BCUT2D eigenvalue weighted by atomic mass is 35.5. The van der Waals surface area contributed by atoms with Crippen LogP contribution in [0.15, 0.2) is 78.9 Å². The van der Waals surface area contributed by atoms with E-state index in [1.165, 1.54) is 0 Å². The molecule has 6 rings (SSSR count). The standard InChI is InChI=1S/C33H31ClN2O5/c1-33(2,3)41-32(38)35-17-21(18-35)19-36-29-16-28(34)27(15-30(29)39-20-31(36)37)26-14-24(40-23-10-5-4-6-11-23)13-22-9-7-8-12-25(22)26/h4-16,21H,17-20H2,1-3H3. The number of benzene rings is 4. The van der Waals surface area contributed by atoms with Gasteiger partial charge < -0.3 is 24.0 Å². The fourth-order valence-corrected chi connectivity index (χ4v) is 5.50. The van der Waals surface area contributed by atoms with E-state index >= 15 is 0 Å². The van der Waals surface area contributed by atoms with Gasteiger partial charge >= 0.3 is 6.09 Å². The summed E-state index contributed by atoms with van der Waals surface area (Å²) in [5.41, 5.74) is 1.77. The predicted molar refractivity (Wildman–Crippen MR) is 160 cm³/mol. The number of halogens is 1. The van der Waals surface area contributed by atoms with Crippen LogP contribution in [-0.4, -0.2) is 48.7 Å². The topological polar surface area (TPSA) is 68.3 Å². The maximum absolute atomic E-state index is 12.9. The summed E-state index contributed by atoms with van der Waals surface area (Å²) < 4.78 is 17.5. The van der Waals surface area contributed by atoms with Crippen molar-refractivity contribution >= 4 is 40.1 Å². The smallest absolute Gasteiger partial charge is 0.410 e. The highest BCUT2D eigenvalue weighted by Gasteiger charge is 2.37. The molecule has 1 saturated heterocycles. The van der Waals surface area contributed by atoms with Crippen molar-refractivity contribution in [1.29, 1.82) is 0 Å². The summed E-state index contributed by atoms with van der Waals surface area (Å²) in [6, 6.07) is 25.4. The molecule has 0 bridgehead atoms. The van der Waals surface area contributed by atoms with Gasteiger partial charge in [-0.1, -0.05) is 54.1 Å². The Hall–Kier alpha value is -4.23. The third kappa shape index (κ3) is 5.68. The Labute approximate surface area is 244 Å². The monoisotopic (exact) mass is 570 g/mol. The first kappa shape index (κ1) is 27.0. The van der Waals surface area contributed by atoms with Crippen LogP contribution in [0.5, 0.6) is 17.2 Å². The van der Waals surface area contributed by atoms with E-state index in [0.717, 1.165) is 27.6 Å². The molecule has 0 aliphatic carbocycles. The van der Waals surface area contributed by atoms with Gasteiger partial charge in [-0.3, -0.25) is 4.79 Å². The minimum Gasteiger partial charge on any atom is -0.482 e. The number of anilines is 1. The summed E-state index contributed by atoms with van der Waals surface area (Å²) >= 11 is 6.93. The lowest BCUT2D eigenvalue weighted by atomic mass is 9.96. The summed E-state index contributed by atoms with van der Waals surface area (Å²) in [7, 11) is 0. The molecule has 2 aliphatic heterocycles. The second kappa shape index (κ2) is 10.6. The lowest BCUT2D eigenvalue weighted by molar-refractivity contribution is -0.121. The summed E-state index contributed by atoms with van der Waals surface area (Å²) in [6.07, 6.45) is -0.333. The molecule has 210 valence electrons. The molecule has 0 unspecified atom stereocenters. The molecule has 41 heavy (non-hydrogen) atoms. The third-order valence-electron chi connectivity index (χ3n) is 7.15. The normalized spacial score (nSPS) is 15.3. The van der Waals surface area contributed by atoms with Gasteiger partial charge in [0.1, 0.15) is 22.8 Å². The van der Waals surface area contributed by atoms with E-state index in [9.17, 15) is 9.59 Å². The van der Waals surface area contributed by atoms with Crippen LogP contribution in [0.2, 0.25) is 5.02 Å². The molecule has 4 aromatic rings. The first-order valence-electron chi connectivity index (χ1n) is 13.7. The van der Waals surface area contributed by atoms with E-state index in [0.29, 0.717) is 41.8 Å². The Morgan fingerprint density at radius 2 is 1.68 bits per heavy atom. The largest absolute Gasteiger partial charge is 0.482 e. The number of likely N-dealkylation sites (tertiary alicyclic amines) is 1. The first-order chi connectivity index (χ1) is 19.6. The molecular weight excluding hydrogens is 540 g/mol. The third-order valence-corrected chi connectivity index (χ3v) is 7.46. The maximum Gasteiger partial charge on any atom is 0.410 e. The van der Waals surface area contributed by atoms with Gasteiger partial charge in [-0.25, -0.2) is 4.79 Å². The number of amides is 2. The Morgan fingerprint density at radius 1 is 0.951 bits per heavy atom. The second-order valence-electron chi connectivity index (χ2n) is 11.5. The van der Waals surface area contributed by atoms with Crippen molar-refractivity contribution in [2.75, 3.05) is 31.1 Å². The van der Waals surface area contributed by atoms with Gasteiger partial charge in [-0.05, 0) is 73.5 Å². The average molecular weight is 571 g/mol. The van der Waals surface area contributed by atoms with Crippen molar-refractivity contribution < 1.29 is 23.8 Å². The summed E-state index contributed by atoms with van der Waals surface area (Å²) in [6.45, 7) is 7.00. The van der Waals surface area contributed by atoms with E-state index in [1.807, 2.05) is 87.5 Å². The van der Waals surface area contributed by atoms with Gasteiger partial charge in [0.05, 0.1) is 10.7 Å². The lowest BCUT2D eigenvalue weighted by Crippen LogP contribution is -2.56. The number of ether oxygens (including phenoxy) is 3. The zero-order chi connectivity index (χ0) is 28.7. The zero-order valence-electron chi connectivity index (χ0n) is 23.2. The highest BCUT2D eigenvalue weighted by Crippen LogP contribution is 2.44. The van der Waals surface area contributed by atoms with Crippen molar-refractivity contribution in [1.82, 2.24) is 4.90 Å². The van der Waals surface area contributed by atoms with E-state index < -0.39 is 5.60 Å². The van der Waals surface area contributed by atoms with Crippen molar-refractivity contribution in [3.8, 4) is 28.4 Å². The van der Waals surface area contributed by atoms with E-state index in [-0.39, 0.29) is 24.5 Å². The van der Waals surface area contributed by atoms with Crippen molar-refractivity contribution in [3.63, 3.8) is 0 Å². The van der Waals surface area contributed by atoms with Crippen LogP contribution in [0.1, 0.15) is 20.8 Å². The van der Waals surface area contributed by atoms with Gasteiger partial charge in [-0.2, -0.15) is 0 Å². The van der Waals surface area contributed by atoms with Gasteiger partial charge in [0, 0.05) is 31.1 Å². The van der Waals surface area contributed by atoms with Gasteiger partial charge in [0.25, 0.3) is 5.91 Å². The minimum absolute atomic E-state index is 0.0610. The summed E-state index contributed by atoms with van der Waals surface area (Å²) in [4.78, 5) is 28.7. The predicted octanol–water partition coefficient (Wildman–Crippen LogP) is 7.54. The molecule has 2 heterocycles. The molecule has 7 nitrogen and oxygen atoms in total. The van der Waals surface area contributed by atoms with Gasteiger partial charge in [0.15, 0.2) is 6.61 Å². The van der Waals surface area contributed by atoms with Crippen LogP contribution in [-0.2, 0) is 9.53 Å². The first-order valence-corrected chi connectivity index (χ1v) is 14.0. The number of nitrogens with zero attached hydrogens (tertiary/aromatic N) is 2. The number of hydrogen-bond acceptors (Lipinski definition) is 5. The second-order valence-corrected chi connectivity index (χ2v) is 11.9. The molecule has 2 aliphatic rings. The maximum atomic E-state index is 12.9. The van der Waals surface area contributed by atoms with Gasteiger partial charge in [-0.15, -0.1) is 0 Å². The number of carbonyl (C=O) groups excluding carboxylic acids is 2. The Kier molecular flexibility index (Phi) is 6.99. The van der Waals surface area contributed by atoms with Crippen molar-refractivity contribution in [2.24, 2.45) is 5.92 Å². The van der Waals surface area contributed by atoms with Crippen LogP contribution >= 0.6 is 11.6 Å². The Bertz CT molecular complexity index is 1630. The molecule has 0 spiro atoms. The van der Waals surface area contributed by atoms with Crippen LogP contribution < -0.4 is 14.4 Å². The number of hydrogen-bond donors (Lipinski definition) is 0. The zero-order valence-corrected chi connectivity index (χ0v) is 24.0. The van der Waals surface area contributed by atoms with Crippen LogP contribution in [0.25, 0.3) is 21.9 Å². The van der Waals surface area contributed by atoms with Crippen molar-refractivity contribution in [2.45, 2.75) is 26.4 Å². The van der Waals surface area contributed by atoms with E-state index in [1.54, 1.807) is 15.9 Å². The highest BCUT2D eigenvalue weighted by molar-refractivity contribution is 6.34. The summed E-state index contributed by atoms with van der Waals surface area (Å²) in [5, 5.41) is 2.54. The molecule has 1 fully saturated rings. The molecular formula is C33H31ClN2O5. The van der Waals surface area contributed by atoms with Crippen LogP contribution in [0, 0.1) is 5.92 Å². The fourth-order valence-electron chi connectivity index (χ4n) is 5.24. The van der Waals surface area contributed by atoms with E-state index in [2.05, 4.69) is 6.07 Å². The molecule has 0 radical (unpaired) electrons. The molecule has 0 aromatic heterocycles. The fraction of sp³-hybridized carbons (Fsp3) is 0.273. The molecule has 8 heteroatoms.